The number of nitrogens with one attached hydrogen (secondary N) is 1. The van der Waals surface area contributed by atoms with Crippen LogP contribution >= 0.6 is 0 Å². The van der Waals surface area contributed by atoms with Gasteiger partial charge in [-0.25, -0.2) is 0 Å². The smallest absolute Gasteiger partial charge is 0.194 e. The molecule has 0 saturated carbocycles. The van der Waals surface area contributed by atoms with Gasteiger partial charge >= 0.3 is 0 Å². The van der Waals surface area contributed by atoms with Gasteiger partial charge in [0.25, 0.3) is 10.2 Å². The molecule has 0 spiro atoms. The first-order valence-electron chi connectivity index (χ1n) is 8.77. The Kier molecular flexibility index (Phi) is 13.4. The second-order valence-electron chi connectivity index (χ2n) is 5.94. The lowest BCUT2D eigenvalue weighted by Crippen LogP contribution is -2.33. The zero-order valence-corrected chi connectivity index (χ0v) is 14.9. The maximum atomic E-state index is 11.5. The molecule has 0 bridgehead atoms. The summed E-state index contributed by atoms with van der Waals surface area (Å²) in [6.07, 6.45) is 13.7. The van der Waals surface area contributed by atoms with Crippen LogP contribution in [0.15, 0.2) is 0 Å². The van der Waals surface area contributed by atoms with Gasteiger partial charge in [-0.05, 0) is 12.8 Å². The molecule has 0 saturated heterocycles. The van der Waals surface area contributed by atoms with Gasteiger partial charge in [0.15, 0.2) is 0 Å². The summed E-state index contributed by atoms with van der Waals surface area (Å²) < 4.78 is 24.3. The highest BCUT2D eigenvalue weighted by molar-refractivity contribution is 7.86. The monoisotopic (exact) mass is 319 g/mol. The minimum absolute atomic E-state index is 0.521. The van der Waals surface area contributed by atoms with Crippen LogP contribution in [0, 0.1) is 0 Å². The number of hydrogen-bond donors (Lipinski definition) is 0. The van der Waals surface area contributed by atoms with Crippen molar-refractivity contribution in [3.8, 4) is 0 Å². The van der Waals surface area contributed by atoms with E-state index in [0.717, 1.165) is 25.7 Å². The van der Waals surface area contributed by atoms with E-state index >= 15 is 0 Å². The van der Waals surface area contributed by atoms with E-state index in [9.17, 15) is 8.42 Å². The van der Waals surface area contributed by atoms with Gasteiger partial charge in [0.1, 0.15) is 0 Å². The minimum Gasteiger partial charge on any atom is -0.194 e. The second-order valence-corrected chi connectivity index (χ2v) is 7.41. The average molecular weight is 320 g/mol. The van der Waals surface area contributed by atoms with Crippen molar-refractivity contribution in [1.29, 1.82) is 0 Å². The predicted octanol–water partition coefficient (Wildman–Crippen LogP) is 4.54. The maximum Gasteiger partial charge on any atom is 0.293 e. The fraction of sp³-hybridized carbons (Fsp3) is 1.00. The van der Waals surface area contributed by atoms with Crippen molar-refractivity contribution in [3.05, 3.63) is 0 Å². The molecule has 0 heterocycles. The van der Waals surface area contributed by atoms with E-state index < -0.39 is 10.2 Å². The van der Waals surface area contributed by atoms with Crippen molar-refractivity contribution in [2.24, 2.45) is 0 Å². The SMILES string of the molecule is CCCCCCCCN(CCCCCCCC)S([NH])(=O)=O. The Balaban J connectivity index is 3.79. The molecule has 5 heteroatoms. The standard InChI is InChI=1S/C16H35N2O2S/c1-3-5-7-9-11-13-15-18(21(17,19)20)16-14-12-10-8-6-4-2/h17H,3-16H2,1-2H3. The van der Waals surface area contributed by atoms with Crippen LogP contribution in [0.1, 0.15) is 90.9 Å². The van der Waals surface area contributed by atoms with Gasteiger partial charge in [0.05, 0.1) is 0 Å². The van der Waals surface area contributed by atoms with Crippen molar-refractivity contribution >= 4 is 10.2 Å². The first kappa shape index (κ1) is 20.9. The molecule has 1 radical (unpaired) electrons. The quantitative estimate of drug-likeness (QED) is 0.416. The molecule has 21 heavy (non-hydrogen) atoms. The van der Waals surface area contributed by atoms with E-state index in [1.54, 1.807) is 0 Å². The Bertz CT molecular complexity index is 302. The van der Waals surface area contributed by atoms with Crippen molar-refractivity contribution in [1.82, 2.24) is 9.44 Å². The van der Waals surface area contributed by atoms with Crippen LogP contribution in [0.25, 0.3) is 0 Å². The third kappa shape index (κ3) is 13.3. The fourth-order valence-electron chi connectivity index (χ4n) is 2.49. The molecule has 0 aliphatic rings. The molecule has 0 aromatic rings. The molecule has 127 valence electrons. The summed E-state index contributed by atoms with van der Waals surface area (Å²) in [6, 6.07) is 0. The molecule has 0 fully saturated rings. The van der Waals surface area contributed by atoms with Gasteiger partial charge in [-0.1, -0.05) is 78.1 Å². The van der Waals surface area contributed by atoms with Gasteiger partial charge in [-0.3, -0.25) is 0 Å². The zero-order chi connectivity index (χ0) is 16.0. The lowest BCUT2D eigenvalue weighted by atomic mass is 10.1. The number of hydrogen-bond acceptors (Lipinski definition) is 2. The van der Waals surface area contributed by atoms with Gasteiger partial charge in [0, 0.05) is 13.1 Å². The lowest BCUT2D eigenvalue weighted by molar-refractivity contribution is 0.383. The molecular weight excluding hydrogens is 284 g/mol. The van der Waals surface area contributed by atoms with Crippen molar-refractivity contribution in [3.63, 3.8) is 0 Å². The third-order valence-corrected chi connectivity index (χ3v) is 4.91. The normalized spacial score (nSPS) is 12.2. The van der Waals surface area contributed by atoms with E-state index in [4.69, 9.17) is 5.14 Å². The van der Waals surface area contributed by atoms with Gasteiger partial charge in [-0.15, -0.1) is 5.14 Å². The van der Waals surface area contributed by atoms with E-state index in [1.807, 2.05) is 0 Å². The van der Waals surface area contributed by atoms with E-state index in [2.05, 4.69) is 13.8 Å². The Morgan fingerprint density at radius 3 is 1.33 bits per heavy atom. The Hall–Kier alpha value is -0.130. The highest BCUT2D eigenvalue weighted by atomic mass is 32.2. The first-order chi connectivity index (χ1) is 10.0. The van der Waals surface area contributed by atoms with E-state index in [0.29, 0.717) is 13.1 Å². The Morgan fingerprint density at radius 1 is 0.667 bits per heavy atom. The van der Waals surface area contributed by atoms with Gasteiger partial charge in [0.2, 0.25) is 0 Å². The van der Waals surface area contributed by atoms with Gasteiger partial charge < -0.3 is 0 Å². The summed E-state index contributed by atoms with van der Waals surface area (Å²) in [5, 5.41) is 7.28. The summed E-state index contributed by atoms with van der Waals surface area (Å²) in [4.78, 5) is 0. The van der Waals surface area contributed by atoms with Gasteiger partial charge in [-0.2, -0.15) is 12.7 Å². The van der Waals surface area contributed by atoms with Crippen LogP contribution in [-0.2, 0) is 10.2 Å². The predicted molar refractivity (Wildman–Crippen MR) is 90.3 cm³/mol. The van der Waals surface area contributed by atoms with E-state index in [1.165, 1.54) is 55.7 Å². The number of rotatable bonds is 15. The summed E-state index contributed by atoms with van der Waals surface area (Å²) >= 11 is 0. The summed E-state index contributed by atoms with van der Waals surface area (Å²) in [7, 11) is -3.78. The minimum atomic E-state index is -3.78. The summed E-state index contributed by atoms with van der Waals surface area (Å²) in [6.45, 7) is 5.42. The molecule has 0 atom stereocenters. The largest absolute Gasteiger partial charge is 0.293 e. The van der Waals surface area contributed by atoms with Crippen LogP contribution in [0.2, 0.25) is 0 Å². The molecule has 0 aliphatic heterocycles. The Labute approximate surface area is 132 Å². The number of nitrogens with zero attached hydrogens (tertiary/aromatic N) is 1. The van der Waals surface area contributed by atoms with Crippen molar-refractivity contribution in [2.45, 2.75) is 90.9 Å². The molecule has 0 aromatic heterocycles. The second kappa shape index (κ2) is 13.5. The van der Waals surface area contributed by atoms with Crippen molar-refractivity contribution in [2.75, 3.05) is 13.1 Å². The van der Waals surface area contributed by atoms with Crippen LogP contribution in [-0.4, -0.2) is 25.8 Å². The van der Waals surface area contributed by atoms with Crippen LogP contribution in [0.3, 0.4) is 0 Å². The first-order valence-corrected chi connectivity index (χ1v) is 10.2. The lowest BCUT2D eigenvalue weighted by Gasteiger charge is -2.18. The van der Waals surface area contributed by atoms with Crippen molar-refractivity contribution < 1.29 is 8.42 Å². The van der Waals surface area contributed by atoms with Crippen LogP contribution in [0.4, 0.5) is 0 Å². The Morgan fingerprint density at radius 2 is 1.00 bits per heavy atom. The summed E-state index contributed by atoms with van der Waals surface area (Å²) in [5.74, 6) is 0. The molecule has 0 aromatic carbocycles. The molecule has 4 nitrogen and oxygen atoms in total. The summed E-state index contributed by atoms with van der Waals surface area (Å²) in [5.41, 5.74) is 0. The highest BCUT2D eigenvalue weighted by Crippen LogP contribution is 2.10. The third-order valence-electron chi connectivity index (χ3n) is 3.86. The molecule has 0 unspecified atom stereocenters. The molecule has 0 aliphatic carbocycles. The van der Waals surface area contributed by atoms with Crippen LogP contribution < -0.4 is 5.14 Å². The molecular formula is C16H35N2O2S. The average Bonchev–Trinajstić information content (AvgIpc) is 2.42. The fourth-order valence-corrected chi connectivity index (χ4v) is 3.23. The van der Waals surface area contributed by atoms with Crippen LogP contribution in [0.5, 0.6) is 0 Å². The zero-order valence-electron chi connectivity index (χ0n) is 14.1. The molecule has 1 N–H and O–H groups in total. The topological polar surface area (TPSA) is 61.2 Å². The molecule has 0 amide bonds. The maximum absolute atomic E-state index is 11.5. The highest BCUT2D eigenvalue weighted by Gasteiger charge is 2.16. The number of unbranched alkanes of at least 4 members (excludes halogenated alkanes) is 10. The van der Waals surface area contributed by atoms with E-state index in [-0.39, 0.29) is 0 Å². The molecule has 0 rings (SSSR count).